The molecule has 0 aliphatic carbocycles. The molecule has 106 valence electrons. The summed E-state index contributed by atoms with van der Waals surface area (Å²) in [6.45, 7) is 0.656. The first-order valence-corrected chi connectivity index (χ1v) is 8.35. The topological polar surface area (TPSA) is 42.0 Å². The number of thiazole rings is 1. The molecule has 0 saturated heterocycles. The molecule has 3 rings (SSSR count). The van der Waals surface area contributed by atoms with Crippen molar-refractivity contribution in [3.8, 4) is 0 Å². The van der Waals surface area contributed by atoms with Crippen molar-refractivity contribution in [1.82, 2.24) is 10.3 Å². The van der Waals surface area contributed by atoms with E-state index in [2.05, 4.69) is 16.4 Å². The van der Waals surface area contributed by atoms with Crippen LogP contribution in [0.15, 0.2) is 47.9 Å². The van der Waals surface area contributed by atoms with Crippen LogP contribution in [0.5, 0.6) is 0 Å². The van der Waals surface area contributed by atoms with Gasteiger partial charge >= 0.3 is 0 Å². The second kappa shape index (κ2) is 6.65. The average Bonchev–Trinajstić information content (AvgIpc) is 3.13. The van der Waals surface area contributed by atoms with Gasteiger partial charge in [-0.25, -0.2) is 4.98 Å². The molecule has 3 nitrogen and oxygen atoms in total. The molecule has 0 fully saturated rings. The Bertz CT molecular complexity index is 727. The Morgan fingerprint density at radius 1 is 1.24 bits per heavy atom. The van der Waals surface area contributed by atoms with Crippen LogP contribution in [0.2, 0.25) is 0 Å². The fraction of sp³-hybridized carbons (Fsp3) is 0.125. The molecule has 0 spiro atoms. The molecular weight excluding hydrogens is 300 g/mol. The monoisotopic (exact) mass is 314 g/mol. The number of nitrogens with zero attached hydrogens (tertiary/aromatic N) is 1. The van der Waals surface area contributed by atoms with Gasteiger partial charge in [0.25, 0.3) is 0 Å². The zero-order valence-electron chi connectivity index (χ0n) is 11.3. The molecule has 0 saturated carbocycles. The van der Waals surface area contributed by atoms with Crippen LogP contribution in [0.4, 0.5) is 0 Å². The normalized spacial score (nSPS) is 11.2. The summed E-state index contributed by atoms with van der Waals surface area (Å²) < 4.78 is 1.13. The van der Waals surface area contributed by atoms with E-state index in [4.69, 9.17) is 0 Å². The van der Waals surface area contributed by atoms with E-state index in [-0.39, 0.29) is 5.91 Å². The lowest BCUT2D eigenvalue weighted by molar-refractivity contribution is -0.116. The number of rotatable bonds is 5. The molecule has 0 radical (unpaired) electrons. The van der Waals surface area contributed by atoms with E-state index >= 15 is 0 Å². The molecule has 21 heavy (non-hydrogen) atoms. The zero-order chi connectivity index (χ0) is 14.5. The lowest BCUT2D eigenvalue weighted by atomic mass is 10.3. The SMILES string of the molecule is O=C(C=Cc1nc2ccccc2s1)NCCc1cccs1. The minimum Gasteiger partial charge on any atom is -0.352 e. The number of hydrogen-bond acceptors (Lipinski definition) is 4. The van der Waals surface area contributed by atoms with E-state index < -0.39 is 0 Å². The largest absolute Gasteiger partial charge is 0.352 e. The van der Waals surface area contributed by atoms with Gasteiger partial charge in [-0.1, -0.05) is 18.2 Å². The fourth-order valence-electron chi connectivity index (χ4n) is 1.93. The van der Waals surface area contributed by atoms with Crippen LogP contribution in [-0.2, 0) is 11.2 Å². The molecule has 5 heteroatoms. The molecule has 0 unspecified atom stereocenters. The minimum atomic E-state index is -0.0780. The number of nitrogens with one attached hydrogen (secondary N) is 1. The smallest absolute Gasteiger partial charge is 0.244 e. The highest BCUT2D eigenvalue weighted by molar-refractivity contribution is 7.19. The Morgan fingerprint density at radius 3 is 2.95 bits per heavy atom. The second-order valence-electron chi connectivity index (χ2n) is 4.47. The van der Waals surface area contributed by atoms with Gasteiger partial charge in [-0.15, -0.1) is 22.7 Å². The van der Waals surface area contributed by atoms with Crippen molar-refractivity contribution in [1.29, 1.82) is 0 Å². The molecule has 2 heterocycles. The Balaban J connectivity index is 1.54. The maximum absolute atomic E-state index is 11.7. The highest BCUT2D eigenvalue weighted by Crippen LogP contribution is 2.22. The second-order valence-corrected chi connectivity index (χ2v) is 6.57. The van der Waals surface area contributed by atoms with Crippen LogP contribution in [0.1, 0.15) is 9.88 Å². The van der Waals surface area contributed by atoms with Crippen LogP contribution in [0, 0.1) is 0 Å². The number of carbonyl (C=O) groups is 1. The van der Waals surface area contributed by atoms with E-state index in [9.17, 15) is 4.79 Å². The minimum absolute atomic E-state index is 0.0780. The number of benzene rings is 1. The Labute approximate surface area is 131 Å². The number of fused-ring (bicyclic) bond motifs is 1. The quantitative estimate of drug-likeness (QED) is 0.729. The average molecular weight is 314 g/mol. The van der Waals surface area contributed by atoms with Crippen LogP contribution in [-0.4, -0.2) is 17.4 Å². The zero-order valence-corrected chi connectivity index (χ0v) is 12.9. The number of aromatic nitrogens is 1. The molecule has 1 amide bonds. The molecule has 3 aromatic rings. The number of amides is 1. The summed E-state index contributed by atoms with van der Waals surface area (Å²) in [5.74, 6) is -0.0780. The van der Waals surface area contributed by atoms with Gasteiger partial charge in [-0.05, 0) is 36.1 Å². The van der Waals surface area contributed by atoms with E-state index in [0.29, 0.717) is 6.54 Å². The number of thiophene rings is 1. The molecule has 1 N–H and O–H groups in total. The number of para-hydroxylation sites is 1. The first-order chi connectivity index (χ1) is 10.3. The van der Waals surface area contributed by atoms with Crippen LogP contribution in [0.3, 0.4) is 0 Å². The maximum Gasteiger partial charge on any atom is 0.244 e. The van der Waals surface area contributed by atoms with Crippen molar-refractivity contribution in [3.05, 3.63) is 57.7 Å². The summed E-state index contributed by atoms with van der Waals surface area (Å²) in [6.07, 6.45) is 4.19. The fourth-order valence-corrected chi connectivity index (χ4v) is 3.51. The van der Waals surface area contributed by atoms with Gasteiger partial charge in [0.05, 0.1) is 10.2 Å². The van der Waals surface area contributed by atoms with Crippen molar-refractivity contribution in [2.24, 2.45) is 0 Å². The Kier molecular flexibility index (Phi) is 4.43. The highest BCUT2D eigenvalue weighted by Gasteiger charge is 2.01. The van der Waals surface area contributed by atoms with Gasteiger partial charge in [-0.3, -0.25) is 4.79 Å². The van der Waals surface area contributed by atoms with E-state index in [0.717, 1.165) is 21.6 Å². The van der Waals surface area contributed by atoms with Gasteiger partial charge in [0.15, 0.2) is 0 Å². The van der Waals surface area contributed by atoms with Crippen molar-refractivity contribution in [2.45, 2.75) is 6.42 Å². The van der Waals surface area contributed by atoms with Crippen LogP contribution < -0.4 is 5.32 Å². The van der Waals surface area contributed by atoms with Crippen molar-refractivity contribution >= 4 is 44.9 Å². The third-order valence-electron chi connectivity index (χ3n) is 2.94. The third kappa shape index (κ3) is 3.77. The Morgan fingerprint density at radius 2 is 2.14 bits per heavy atom. The molecular formula is C16H14N2OS2. The molecule has 1 aromatic carbocycles. The first kappa shape index (κ1) is 14.0. The van der Waals surface area contributed by atoms with Crippen LogP contribution in [0.25, 0.3) is 16.3 Å². The van der Waals surface area contributed by atoms with Gasteiger partial charge in [0.2, 0.25) is 5.91 Å². The summed E-state index contributed by atoms with van der Waals surface area (Å²) in [4.78, 5) is 17.5. The number of hydrogen-bond donors (Lipinski definition) is 1. The molecule has 0 aliphatic rings. The van der Waals surface area contributed by atoms with Crippen LogP contribution >= 0.6 is 22.7 Å². The highest BCUT2D eigenvalue weighted by atomic mass is 32.1. The van der Waals surface area contributed by atoms with Gasteiger partial charge in [0, 0.05) is 17.5 Å². The number of carbonyl (C=O) groups excluding carboxylic acids is 1. The lowest BCUT2D eigenvalue weighted by Crippen LogP contribution is -2.23. The van der Waals surface area contributed by atoms with Gasteiger partial charge < -0.3 is 5.32 Å². The molecule has 0 bridgehead atoms. The van der Waals surface area contributed by atoms with Gasteiger partial charge in [-0.2, -0.15) is 0 Å². The summed E-state index contributed by atoms with van der Waals surface area (Å²) >= 11 is 3.29. The predicted molar refractivity (Wildman–Crippen MR) is 89.7 cm³/mol. The van der Waals surface area contributed by atoms with Crippen molar-refractivity contribution < 1.29 is 4.79 Å². The van der Waals surface area contributed by atoms with E-state index in [1.165, 1.54) is 4.88 Å². The van der Waals surface area contributed by atoms with Gasteiger partial charge in [0.1, 0.15) is 5.01 Å². The summed E-state index contributed by atoms with van der Waals surface area (Å²) in [7, 11) is 0. The predicted octanol–water partition coefficient (Wildman–Crippen LogP) is 3.73. The standard InChI is InChI=1S/C16H14N2OS2/c19-15(17-10-9-12-4-3-11-20-12)7-8-16-18-13-5-1-2-6-14(13)21-16/h1-8,11H,9-10H2,(H,17,19). The first-order valence-electron chi connectivity index (χ1n) is 6.65. The summed E-state index contributed by atoms with van der Waals surface area (Å²) in [6, 6.07) is 12.1. The lowest BCUT2D eigenvalue weighted by Gasteiger charge is -1.99. The maximum atomic E-state index is 11.7. The third-order valence-corrected chi connectivity index (χ3v) is 4.88. The summed E-state index contributed by atoms with van der Waals surface area (Å²) in [5, 5.41) is 5.78. The summed E-state index contributed by atoms with van der Waals surface area (Å²) in [5.41, 5.74) is 0.972. The van der Waals surface area contributed by atoms with E-state index in [1.54, 1.807) is 34.8 Å². The van der Waals surface area contributed by atoms with E-state index in [1.807, 2.05) is 35.7 Å². The molecule has 0 atom stereocenters. The van der Waals surface area contributed by atoms with Crippen molar-refractivity contribution in [2.75, 3.05) is 6.54 Å². The molecule has 0 aliphatic heterocycles. The molecule has 2 aromatic heterocycles. The van der Waals surface area contributed by atoms with Crippen molar-refractivity contribution in [3.63, 3.8) is 0 Å². The Hall–Kier alpha value is -1.98.